The number of aromatic carboxylic acids is 1. The van der Waals surface area contributed by atoms with Gasteiger partial charge in [0.2, 0.25) is 0 Å². The van der Waals surface area contributed by atoms with Crippen molar-refractivity contribution in [2.24, 2.45) is 0 Å². The van der Waals surface area contributed by atoms with Gasteiger partial charge in [0.25, 0.3) is 0 Å². The summed E-state index contributed by atoms with van der Waals surface area (Å²) in [6.07, 6.45) is 0.0498. The summed E-state index contributed by atoms with van der Waals surface area (Å²) >= 11 is 0. The van der Waals surface area contributed by atoms with Crippen LogP contribution in [0.1, 0.15) is 21.9 Å². The van der Waals surface area contributed by atoms with Crippen molar-refractivity contribution in [1.29, 1.82) is 0 Å². The molecule has 2 heterocycles. The number of rotatable bonds is 5. The van der Waals surface area contributed by atoms with E-state index in [2.05, 4.69) is 5.32 Å². The van der Waals surface area contributed by atoms with E-state index < -0.39 is 5.97 Å². The van der Waals surface area contributed by atoms with Crippen LogP contribution >= 0.6 is 0 Å². The quantitative estimate of drug-likeness (QED) is 0.809. The molecule has 6 nitrogen and oxygen atoms in total. The van der Waals surface area contributed by atoms with Gasteiger partial charge in [-0.2, -0.15) is 0 Å². The van der Waals surface area contributed by atoms with Crippen LogP contribution in [0.2, 0.25) is 0 Å². The Morgan fingerprint density at radius 2 is 2.39 bits per heavy atom. The lowest BCUT2D eigenvalue weighted by Crippen LogP contribution is -2.37. The zero-order valence-electron chi connectivity index (χ0n) is 10.3. The molecular weight excluding hydrogens is 238 g/mol. The highest BCUT2D eigenvalue weighted by molar-refractivity contribution is 5.88. The highest BCUT2D eigenvalue weighted by Gasteiger charge is 2.15. The zero-order valence-corrected chi connectivity index (χ0v) is 10.3. The number of carboxylic acid groups (broad SMARTS) is 1. The molecule has 100 valence electrons. The maximum absolute atomic E-state index is 10.8. The first kappa shape index (κ1) is 13.1. The second-order valence-electron chi connectivity index (χ2n) is 4.19. The van der Waals surface area contributed by atoms with Crippen molar-refractivity contribution in [3.63, 3.8) is 0 Å². The van der Waals surface area contributed by atoms with Crippen molar-refractivity contribution in [1.82, 2.24) is 5.32 Å². The van der Waals surface area contributed by atoms with Gasteiger partial charge < -0.3 is 24.3 Å². The smallest absolute Gasteiger partial charge is 0.339 e. The van der Waals surface area contributed by atoms with E-state index in [-0.39, 0.29) is 11.7 Å². The first-order valence-corrected chi connectivity index (χ1v) is 5.89. The Hall–Kier alpha value is -1.37. The van der Waals surface area contributed by atoms with Gasteiger partial charge in [0.15, 0.2) is 0 Å². The highest BCUT2D eigenvalue weighted by atomic mass is 16.6. The number of carboxylic acids is 1. The molecule has 1 aliphatic heterocycles. The van der Waals surface area contributed by atoms with E-state index in [1.807, 2.05) is 0 Å². The molecule has 0 bridgehead atoms. The summed E-state index contributed by atoms with van der Waals surface area (Å²) in [7, 11) is 0. The van der Waals surface area contributed by atoms with Crippen molar-refractivity contribution in [3.05, 3.63) is 23.2 Å². The fourth-order valence-corrected chi connectivity index (χ4v) is 1.85. The van der Waals surface area contributed by atoms with Crippen molar-refractivity contribution >= 4 is 5.97 Å². The normalized spacial score (nSPS) is 19.9. The molecule has 2 N–H and O–H groups in total. The van der Waals surface area contributed by atoms with Gasteiger partial charge >= 0.3 is 5.97 Å². The molecule has 1 aromatic rings. The topological polar surface area (TPSA) is 80.9 Å². The third-order valence-corrected chi connectivity index (χ3v) is 2.76. The van der Waals surface area contributed by atoms with Crippen molar-refractivity contribution < 1.29 is 23.8 Å². The number of carbonyl (C=O) groups is 1. The fraction of sp³-hybridized carbons (Fsp3) is 0.583. The van der Waals surface area contributed by atoms with E-state index in [1.165, 1.54) is 0 Å². The van der Waals surface area contributed by atoms with Crippen LogP contribution in [0.15, 0.2) is 10.5 Å². The Balaban J connectivity index is 1.79. The minimum Gasteiger partial charge on any atom is -0.478 e. The van der Waals surface area contributed by atoms with Crippen LogP contribution in [0.5, 0.6) is 0 Å². The third kappa shape index (κ3) is 3.32. The monoisotopic (exact) mass is 255 g/mol. The van der Waals surface area contributed by atoms with Crippen LogP contribution in [0.25, 0.3) is 0 Å². The Morgan fingerprint density at radius 1 is 1.56 bits per heavy atom. The number of aryl methyl sites for hydroxylation is 1. The average molecular weight is 255 g/mol. The van der Waals surface area contributed by atoms with Gasteiger partial charge in [0, 0.05) is 6.54 Å². The predicted molar refractivity (Wildman–Crippen MR) is 62.7 cm³/mol. The van der Waals surface area contributed by atoms with E-state index >= 15 is 0 Å². The van der Waals surface area contributed by atoms with Crippen LogP contribution in [-0.4, -0.2) is 43.5 Å². The maximum Gasteiger partial charge on any atom is 0.339 e. The summed E-state index contributed by atoms with van der Waals surface area (Å²) in [6.45, 7) is 4.64. The molecule has 0 aromatic carbocycles. The first-order chi connectivity index (χ1) is 8.66. The van der Waals surface area contributed by atoms with E-state index in [0.717, 1.165) is 0 Å². The van der Waals surface area contributed by atoms with Crippen molar-refractivity contribution in [2.45, 2.75) is 19.6 Å². The summed E-state index contributed by atoms with van der Waals surface area (Å²) in [4.78, 5) is 10.8. The second-order valence-corrected chi connectivity index (χ2v) is 4.19. The number of ether oxygens (including phenoxy) is 2. The summed E-state index contributed by atoms with van der Waals surface area (Å²) < 4.78 is 16.1. The Bertz CT molecular complexity index is 409. The lowest BCUT2D eigenvalue weighted by molar-refractivity contribution is -0.0865. The molecule has 0 radical (unpaired) electrons. The first-order valence-electron chi connectivity index (χ1n) is 5.89. The van der Waals surface area contributed by atoms with Gasteiger partial charge in [-0.25, -0.2) is 4.79 Å². The van der Waals surface area contributed by atoms with Gasteiger partial charge in [-0.3, -0.25) is 0 Å². The maximum atomic E-state index is 10.8. The molecule has 6 heteroatoms. The van der Waals surface area contributed by atoms with Crippen LogP contribution in [0, 0.1) is 6.92 Å². The summed E-state index contributed by atoms with van der Waals surface area (Å²) in [5.74, 6) is 0.0738. The van der Waals surface area contributed by atoms with Crippen LogP contribution in [-0.2, 0) is 16.0 Å². The molecule has 2 rings (SSSR count). The minimum absolute atomic E-state index is 0.0498. The van der Waals surface area contributed by atoms with E-state index in [1.54, 1.807) is 13.0 Å². The summed E-state index contributed by atoms with van der Waals surface area (Å²) in [6, 6.07) is 1.54. The molecule has 0 spiro atoms. The molecular formula is C12H17NO5. The van der Waals surface area contributed by atoms with Gasteiger partial charge in [-0.1, -0.05) is 0 Å². The molecule has 1 aliphatic rings. The zero-order chi connectivity index (χ0) is 13.0. The molecule has 0 amide bonds. The van der Waals surface area contributed by atoms with Gasteiger partial charge in [-0.05, 0) is 13.0 Å². The molecule has 1 saturated heterocycles. The molecule has 0 aliphatic carbocycles. The van der Waals surface area contributed by atoms with Gasteiger partial charge in [0.1, 0.15) is 17.1 Å². The SMILES string of the molecule is Cc1oc(CNCC2COCCO2)cc1C(=O)O. The summed E-state index contributed by atoms with van der Waals surface area (Å²) in [5, 5.41) is 12.1. The van der Waals surface area contributed by atoms with E-state index in [9.17, 15) is 4.79 Å². The third-order valence-electron chi connectivity index (χ3n) is 2.76. The Labute approximate surface area is 105 Å². The number of hydrogen-bond donors (Lipinski definition) is 2. The Kier molecular flexibility index (Phi) is 4.35. The molecule has 1 fully saturated rings. The van der Waals surface area contributed by atoms with Crippen LogP contribution in [0.4, 0.5) is 0 Å². The summed E-state index contributed by atoms with van der Waals surface area (Å²) in [5.41, 5.74) is 0.212. The van der Waals surface area contributed by atoms with Crippen LogP contribution < -0.4 is 5.32 Å². The molecule has 1 aromatic heterocycles. The fourth-order valence-electron chi connectivity index (χ4n) is 1.85. The van der Waals surface area contributed by atoms with Gasteiger partial charge in [0.05, 0.1) is 32.5 Å². The number of hydrogen-bond acceptors (Lipinski definition) is 5. The average Bonchev–Trinajstić information content (AvgIpc) is 2.72. The Morgan fingerprint density at radius 3 is 3.00 bits per heavy atom. The standard InChI is InChI=1S/C12H17NO5/c1-8-11(12(14)15)4-9(18-8)5-13-6-10-7-16-2-3-17-10/h4,10,13H,2-3,5-7H2,1H3,(H,14,15). The molecule has 1 atom stereocenters. The highest BCUT2D eigenvalue weighted by Crippen LogP contribution is 2.14. The lowest BCUT2D eigenvalue weighted by Gasteiger charge is -2.22. The number of nitrogens with one attached hydrogen (secondary N) is 1. The second kappa shape index (κ2) is 5.99. The lowest BCUT2D eigenvalue weighted by atomic mass is 10.2. The molecule has 1 unspecified atom stereocenters. The number of furan rings is 1. The van der Waals surface area contributed by atoms with E-state index in [4.69, 9.17) is 19.0 Å². The predicted octanol–water partition coefficient (Wildman–Crippen LogP) is 0.791. The molecule has 18 heavy (non-hydrogen) atoms. The largest absolute Gasteiger partial charge is 0.478 e. The van der Waals surface area contributed by atoms with Gasteiger partial charge in [-0.15, -0.1) is 0 Å². The van der Waals surface area contributed by atoms with Crippen molar-refractivity contribution in [2.75, 3.05) is 26.4 Å². The molecule has 0 saturated carbocycles. The minimum atomic E-state index is -0.966. The van der Waals surface area contributed by atoms with Crippen LogP contribution in [0.3, 0.4) is 0 Å². The van der Waals surface area contributed by atoms with E-state index in [0.29, 0.717) is 44.4 Å². The van der Waals surface area contributed by atoms with Crippen molar-refractivity contribution in [3.8, 4) is 0 Å².